The van der Waals surface area contributed by atoms with Crippen molar-refractivity contribution in [3.8, 4) is 0 Å². The van der Waals surface area contributed by atoms with Crippen molar-refractivity contribution < 1.29 is 42.1 Å². The summed E-state index contributed by atoms with van der Waals surface area (Å²) in [6.45, 7) is 4.26. The SMILES string of the molecule is CC/C=C\C/C=C\C/C=C\C/C=C\C/C=C\C/C=C\CCCCC(=O)OC(COC(=O)CCCCCCCCCCCCCCCCCC)COP(=O)(O)OCC[N+](C)(C)C. The van der Waals surface area contributed by atoms with Crippen molar-refractivity contribution in [2.75, 3.05) is 47.5 Å². The molecule has 0 fully saturated rings. The normalized spacial score (nSPS) is 14.1. The van der Waals surface area contributed by atoms with Gasteiger partial charge in [0.25, 0.3) is 0 Å². The number of carbonyl (C=O) groups excluding carboxylic acids is 2. The fourth-order valence-electron chi connectivity index (χ4n) is 6.25. The Morgan fingerprint density at radius 1 is 0.525 bits per heavy atom. The maximum atomic E-state index is 12.7. The first kappa shape index (κ1) is 58.5. The van der Waals surface area contributed by atoms with E-state index in [1.807, 2.05) is 21.1 Å². The Hall–Kier alpha value is -2.55. The number of phosphoric acid groups is 1. The van der Waals surface area contributed by atoms with E-state index in [0.717, 1.165) is 70.6 Å². The Kier molecular flexibility index (Phi) is 40.9. The van der Waals surface area contributed by atoms with Crippen molar-refractivity contribution in [2.45, 2.75) is 193 Å². The van der Waals surface area contributed by atoms with Crippen molar-refractivity contribution in [3.63, 3.8) is 0 Å². The van der Waals surface area contributed by atoms with E-state index in [1.54, 1.807) is 0 Å². The summed E-state index contributed by atoms with van der Waals surface area (Å²) in [5.74, 6) is -0.849. The second-order valence-corrected chi connectivity index (χ2v) is 18.6. The Bertz CT molecular complexity index is 1270. The molecular formula is C51H91NO8P+. The van der Waals surface area contributed by atoms with E-state index in [9.17, 15) is 19.0 Å². The van der Waals surface area contributed by atoms with Gasteiger partial charge in [0, 0.05) is 12.8 Å². The molecule has 0 saturated heterocycles. The van der Waals surface area contributed by atoms with Gasteiger partial charge in [0.1, 0.15) is 19.8 Å². The summed E-state index contributed by atoms with van der Waals surface area (Å²) in [7, 11) is 1.44. The van der Waals surface area contributed by atoms with Crippen LogP contribution in [-0.2, 0) is 32.7 Å². The van der Waals surface area contributed by atoms with Crippen LogP contribution in [0.2, 0.25) is 0 Å². The molecule has 9 nitrogen and oxygen atoms in total. The van der Waals surface area contributed by atoms with Crippen LogP contribution in [0.1, 0.15) is 187 Å². The maximum Gasteiger partial charge on any atom is 0.472 e. The van der Waals surface area contributed by atoms with Crippen LogP contribution in [0.25, 0.3) is 0 Å². The number of likely N-dealkylation sites (N-methyl/N-ethyl adjacent to an activating group) is 1. The minimum atomic E-state index is -4.39. The molecule has 0 radical (unpaired) electrons. The Labute approximate surface area is 374 Å². The first-order valence-electron chi connectivity index (χ1n) is 24.2. The standard InChI is InChI=1S/C51H90NO8P/c1-6-8-10-12-14-16-18-20-22-24-25-26-27-28-30-32-34-36-38-40-42-44-51(54)60-49(48-59-61(55,56)58-46-45-52(3,4)5)47-57-50(53)43-41-39-37-35-33-31-29-23-21-19-17-15-13-11-9-7-2/h8,10,14,16,20,22,25-26,28,30,34,36,49H,6-7,9,11-13,15,17-19,21,23-24,27,29,31-33,35,37-48H2,1-5H3/p+1/b10-8-,16-14-,22-20-,26-25-,30-28-,36-34-. The van der Waals surface area contributed by atoms with Gasteiger partial charge in [-0.1, -0.05) is 183 Å². The lowest BCUT2D eigenvalue weighted by atomic mass is 10.0. The van der Waals surface area contributed by atoms with Crippen molar-refractivity contribution in [3.05, 3.63) is 72.9 Å². The number of carbonyl (C=O) groups is 2. The predicted molar refractivity (Wildman–Crippen MR) is 256 cm³/mol. The van der Waals surface area contributed by atoms with Crippen molar-refractivity contribution in [1.82, 2.24) is 0 Å². The average Bonchev–Trinajstić information content (AvgIpc) is 3.21. The van der Waals surface area contributed by atoms with Gasteiger partial charge in [0.2, 0.25) is 0 Å². The van der Waals surface area contributed by atoms with Crippen LogP contribution < -0.4 is 0 Å². The van der Waals surface area contributed by atoms with Gasteiger partial charge in [0.05, 0.1) is 27.7 Å². The van der Waals surface area contributed by atoms with Gasteiger partial charge in [-0.05, 0) is 64.2 Å². The van der Waals surface area contributed by atoms with Gasteiger partial charge in [-0.15, -0.1) is 0 Å². The molecule has 10 heteroatoms. The Morgan fingerprint density at radius 2 is 0.934 bits per heavy atom. The summed E-state index contributed by atoms with van der Waals surface area (Å²) < 4.78 is 34.3. The van der Waals surface area contributed by atoms with Crippen LogP contribution in [0.15, 0.2) is 72.9 Å². The number of hydrogen-bond acceptors (Lipinski definition) is 7. The number of unbranched alkanes of at least 4 members (excludes halogenated alkanes) is 17. The van der Waals surface area contributed by atoms with Crippen LogP contribution in [0.5, 0.6) is 0 Å². The number of hydrogen-bond donors (Lipinski definition) is 1. The zero-order valence-corrected chi connectivity index (χ0v) is 40.5. The lowest BCUT2D eigenvalue weighted by molar-refractivity contribution is -0.870. The van der Waals surface area contributed by atoms with Gasteiger partial charge < -0.3 is 18.9 Å². The van der Waals surface area contributed by atoms with Gasteiger partial charge in [-0.2, -0.15) is 0 Å². The van der Waals surface area contributed by atoms with Gasteiger partial charge >= 0.3 is 19.8 Å². The molecule has 352 valence electrons. The van der Waals surface area contributed by atoms with Crippen LogP contribution >= 0.6 is 7.82 Å². The average molecular weight is 877 g/mol. The molecule has 0 bridgehead atoms. The molecule has 0 aliphatic carbocycles. The lowest BCUT2D eigenvalue weighted by Gasteiger charge is -2.24. The maximum absolute atomic E-state index is 12.7. The van der Waals surface area contributed by atoms with E-state index in [-0.39, 0.29) is 32.0 Å². The van der Waals surface area contributed by atoms with Crippen molar-refractivity contribution in [1.29, 1.82) is 0 Å². The predicted octanol–water partition coefficient (Wildman–Crippen LogP) is 14.2. The lowest BCUT2D eigenvalue weighted by Crippen LogP contribution is -2.37. The zero-order chi connectivity index (χ0) is 45.0. The summed E-state index contributed by atoms with van der Waals surface area (Å²) in [6, 6.07) is 0. The second kappa shape index (κ2) is 42.7. The van der Waals surface area contributed by atoms with E-state index >= 15 is 0 Å². The Morgan fingerprint density at radius 3 is 1.39 bits per heavy atom. The molecule has 0 saturated carbocycles. The van der Waals surface area contributed by atoms with Crippen LogP contribution in [0.4, 0.5) is 0 Å². The molecule has 0 spiro atoms. The third-order valence-corrected chi connectivity index (χ3v) is 11.0. The molecule has 0 aromatic heterocycles. The Balaban J connectivity index is 4.40. The summed E-state index contributed by atoms with van der Waals surface area (Å²) in [4.78, 5) is 35.5. The van der Waals surface area contributed by atoms with Gasteiger partial charge in [-0.25, -0.2) is 4.57 Å². The first-order chi connectivity index (χ1) is 29.5. The number of phosphoric ester groups is 1. The third kappa shape index (κ3) is 46.8. The number of rotatable bonds is 43. The minimum absolute atomic E-state index is 0.0206. The highest BCUT2D eigenvalue weighted by atomic mass is 31.2. The quantitative estimate of drug-likeness (QED) is 0.0212. The second-order valence-electron chi connectivity index (χ2n) is 17.1. The highest BCUT2D eigenvalue weighted by Crippen LogP contribution is 2.43. The van der Waals surface area contributed by atoms with Gasteiger partial charge in [-0.3, -0.25) is 18.6 Å². The number of allylic oxidation sites excluding steroid dienone is 12. The fourth-order valence-corrected chi connectivity index (χ4v) is 6.99. The third-order valence-electron chi connectivity index (χ3n) is 10.0. The number of esters is 2. The molecule has 2 atom stereocenters. The fraction of sp³-hybridized carbons (Fsp3) is 0.725. The largest absolute Gasteiger partial charge is 0.472 e. The molecule has 0 aromatic carbocycles. The minimum Gasteiger partial charge on any atom is -0.462 e. The highest BCUT2D eigenvalue weighted by Gasteiger charge is 2.27. The monoisotopic (exact) mass is 877 g/mol. The van der Waals surface area contributed by atoms with Crippen LogP contribution in [0.3, 0.4) is 0 Å². The van der Waals surface area contributed by atoms with Crippen LogP contribution in [-0.4, -0.2) is 74.9 Å². The smallest absolute Gasteiger partial charge is 0.462 e. The molecule has 0 aromatic rings. The van der Waals surface area contributed by atoms with Crippen LogP contribution in [0, 0.1) is 0 Å². The topological polar surface area (TPSA) is 108 Å². The van der Waals surface area contributed by atoms with E-state index in [1.165, 1.54) is 83.5 Å². The zero-order valence-electron chi connectivity index (χ0n) is 39.6. The molecular weight excluding hydrogens is 786 g/mol. The first-order valence-corrected chi connectivity index (χ1v) is 25.7. The molecule has 0 aliphatic heterocycles. The van der Waals surface area contributed by atoms with Crippen molar-refractivity contribution in [2.24, 2.45) is 0 Å². The van der Waals surface area contributed by atoms with E-state index in [0.29, 0.717) is 17.4 Å². The summed E-state index contributed by atoms with van der Waals surface area (Å²) in [6.07, 6.45) is 53.8. The number of ether oxygens (including phenoxy) is 2. The summed E-state index contributed by atoms with van der Waals surface area (Å²) in [5, 5.41) is 0. The molecule has 61 heavy (non-hydrogen) atoms. The summed E-state index contributed by atoms with van der Waals surface area (Å²) >= 11 is 0. The molecule has 0 rings (SSSR count). The van der Waals surface area contributed by atoms with Gasteiger partial charge in [0.15, 0.2) is 6.10 Å². The molecule has 2 unspecified atom stereocenters. The number of quaternary nitrogens is 1. The highest BCUT2D eigenvalue weighted by molar-refractivity contribution is 7.47. The summed E-state index contributed by atoms with van der Waals surface area (Å²) in [5.41, 5.74) is 0. The molecule has 1 N–H and O–H groups in total. The molecule has 0 amide bonds. The molecule has 0 aliphatic rings. The van der Waals surface area contributed by atoms with E-state index in [2.05, 4.69) is 86.8 Å². The number of nitrogens with zero attached hydrogens (tertiary/aromatic N) is 1. The van der Waals surface area contributed by atoms with E-state index in [4.69, 9.17) is 18.5 Å². The van der Waals surface area contributed by atoms with Crippen molar-refractivity contribution >= 4 is 19.8 Å². The van der Waals surface area contributed by atoms with E-state index < -0.39 is 26.5 Å². The molecule has 0 heterocycles.